The highest BCUT2D eigenvalue weighted by Crippen LogP contribution is 2.26. The van der Waals surface area contributed by atoms with Crippen LogP contribution in [-0.4, -0.2) is 5.88 Å². The van der Waals surface area contributed by atoms with E-state index in [9.17, 15) is 0 Å². The first kappa shape index (κ1) is 13.5. The van der Waals surface area contributed by atoms with E-state index in [-0.39, 0.29) is 0 Å². The van der Waals surface area contributed by atoms with E-state index < -0.39 is 0 Å². The van der Waals surface area contributed by atoms with Gasteiger partial charge in [-0.15, -0.1) is 11.6 Å². The lowest BCUT2D eigenvalue weighted by Crippen LogP contribution is -2.05. The van der Waals surface area contributed by atoms with Gasteiger partial charge < -0.3 is 0 Å². The minimum absolute atomic E-state index is 0.312. The topological polar surface area (TPSA) is 0 Å². The molecule has 2 heteroatoms. The van der Waals surface area contributed by atoms with Crippen molar-refractivity contribution < 1.29 is 0 Å². The molecule has 0 fully saturated rings. The standard InChI is InChI=1S/C16H16Cl2/c1-12-5-4-7-13(9-12)15(11-17)10-14-6-2-3-8-16(14)18/h2-9,15H,10-11H2,1H3. The zero-order valence-corrected chi connectivity index (χ0v) is 11.9. The van der Waals surface area contributed by atoms with Crippen LogP contribution < -0.4 is 0 Å². The summed E-state index contributed by atoms with van der Waals surface area (Å²) in [6, 6.07) is 16.5. The fourth-order valence-corrected chi connectivity index (χ4v) is 2.62. The smallest absolute Gasteiger partial charge is 0.0438 e. The maximum atomic E-state index is 6.20. The van der Waals surface area contributed by atoms with Crippen molar-refractivity contribution in [3.8, 4) is 0 Å². The van der Waals surface area contributed by atoms with E-state index >= 15 is 0 Å². The van der Waals surface area contributed by atoms with Crippen LogP contribution in [0.1, 0.15) is 22.6 Å². The Bertz CT molecular complexity index is 520. The molecule has 0 amide bonds. The van der Waals surface area contributed by atoms with E-state index in [2.05, 4.69) is 37.3 Å². The maximum Gasteiger partial charge on any atom is 0.0438 e. The largest absolute Gasteiger partial charge is 0.126 e. The van der Waals surface area contributed by atoms with Gasteiger partial charge in [-0.3, -0.25) is 0 Å². The summed E-state index contributed by atoms with van der Waals surface area (Å²) in [6.07, 6.45) is 0.882. The van der Waals surface area contributed by atoms with Gasteiger partial charge in [-0.05, 0) is 30.5 Å². The minimum atomic E-state index is 0.312. The number of hydrogen-bond donors (Lipinski definition) is 0. The van der Waals surface area contributed by atoms with E-state index in [1.807, 2.05) is 18.2 Å². The van der Waals surface area contributed by atoms with Crippen LogP contribution >= 0.6 is 23.2 Å². The van der Waals surface area contributed by atoms with Crippen molar-refractivity contribution in [3.05, 3.63) is 70.2 Å². The van der Waals surface area contributed by atoms with Crippen LogP contribution in [0.5, 0.6) is 0 Å². The van der Waals surface area contributed by atoms with Crippen LogP contribution in [0.3, 0.4) is 0 Å². The molecule has 0 aliphatic rings. The predicted octanol–water partition coefficient (Wildman–Crippen LogP) is 5.21. The molecule has 0 saturated carbocycles. The van der Waals surface area contributed by atoms with Gasteiger partial charge in [0.25, 0.3) is 0 Å². The number of benzene rings is 2. The Morgan fingerprint density at radius 3 is 2.50 bits per heavy atom. The summed E-state index contributed by atoms with van der Waals surface area (Å²) in [5.74, 6) is 0.917. The molecule has 0 saturated heterocycles. The molecule has 0 bridgehead atoms. The van der Waals surface area contributed by atoms with Crippen LogP contribution in [0.4, 0.5) is 0 Å². The van der Waals surface area contributed by atoms with Crippen molar-refractivity contribution in [2.75, 3.05) is 5.88 Å². The average molecular weight is 279 g/mol. The third-order valence-electron chi connectivity index (χ3n) is 3.12. The SMILES string of the molecule is Cc1cccc(C(CCl)Cc2ccccc2Cl)c1. The fraction of sp³-hybridized carbons (Fsp3) is 0.250. The Kier molecular flexibility index (Phi) is 4.68. The molecule has 18 heavy (non-hydrogen) atoms. The van der Waals surface area contributed by atoms with Gasteiger partial charge in [-0.2, -0.15) is 0 Å². The highest BCUT2D eigenvalue weighted by atomic mass is 35.5. The van der Waals surface area contributed by atoms with Crippen molar-refractivity contribution in [2.24, 2.45) is 0 Å². The molecule has 2 aromatic rings. The van der Waals surface area contributed by atoms with E-state index in [0.717, 1.165) is 17.0 Å². The first-order valence-electron chi connectivity index (χ1n) is 6.06. The Morgan fingerprint density at radius 1 is 1.06 bits per heavy atom. The van der Waals surface area contributed by atoms with Crippen LogP contribution in [0.15, 0.2) is 48.5 Å². The molecule has 0 radical (unpaired) electrons. The molecular weight excluding hydrogens is 263 g/mol. The second-order valence-corrected chi connectivity index (χ2v) is 5.28. The van der Waals surface area contributed by atoms with Crippen molar-refractivity contribution in [3.63, 3.8) is 0 Å². The van der Waals surface area contributed by atoms with Crippen LogP contribution in [0.25, 0.3) is 0 Å². The zero-order valence-electron chi connectivity index (χ0n) is 10.4. The second kappa shape index (κ2) is 6.26. The fourth-order valence-electron chi connectivity index (χ4n) is 2.11. The van der Waals surface area contributed by atoms with E-state index in [0.29, 0.717) is 11.8 Å². The lowest BCUT2D eigenvalue weighted by molar-refractivity contribution is 0.765. The van der Waals surface area contributed by atoms with E-state index in [4.69, 9.17) is 23.2 Å². The van der Waals surface area contributed by atoms with E-state index in [1.165, 1.54) is 11.1 Å². The predicted molar refractivity (Wildman–Crippen MR) is 79.8 cm³/mol. The first-order chi connectivity index (χ1) is 8.70. The molecule has 0 N–H and O–H groups in total. The normalized spacial score (nSPS) is 12.4. The summed E-state index contributed by atoms with van der Waals surface area (Å²) < 4.78 is 0. The van der Waals surface area contributed by atoms with Crippen molar-refractivity contribution in [1.82, 2.24) is 0 Å². The molecule has 0 aliphatic carbocycles. The van der Waals surface area contributed by atoms with Crippen molar-refractivity contribution >= 4 is 23.2 Å². The Labute approximate surface area is 119 Å². The lowest BCUT2D eigenvalue weighted by atomic mass is 9.92. The molecule has 0 aromatic heterocycles. The van der Waals surface area contributed by atoms with Gasteiger partial charge in [-0.1, -0.05) is 59.6 Å². The van der Waals surface area contributed by atoms with Gasteiger partial charge in [0.1, 0.15) is 0 Å². The van der Waals surface area contributed by atoms with Gasteiger partial charge in [-0.25, -0.2) is 0 Å². The summed E-state index contributed by atoms with van der Waals surface area (Å²) in [7, 11) is 0. The Hall–Kier alpha value is -0.980. The summed E-state index contributed by atoms with van der Waals surface area (Å²) in [5.41, 5.74) is 3.71. The highest BCUT2D eigenvalue weighted by Gasteiger charge is 2.13. The van der Waals surface area contributed by atoms with E-state index in [1.54, 1.807) is 0 Å². The lowest BCUT2D eigenvalue weighted by Gasteiger charge is -2.16. The third kappa shape index (κ3) is 3.28. The highest BCUT2D eigenvalue weighted by molar-refractivity contribution is 6.31. The number of hydrogen-bond acceptors (Lipinski definition) is 0. The minimum Gasteiger partial charge on any atom is -0.126 e. The molecule has 1 unspecified atom stereocenters. The monoisotopic (exact) mass is 278 g/mol. The number of rotatable bonds is 4. The zero-order chi connectivity index (χ0) is 13.0. The van der Waals surface area contributed by atoms with Crippen molar-refractivity contribution in [1.29, 1.82) is 0 Å². The molecule has 0 heterocycles. The van der Waals surface area contributed by atoms with Gasteiger partial charge in [0.15, 0.2) is 0 Å². The number of aryl methyl sites for hydroxylation is 1. The Morgan fingerprint density at radius 2 is 1.83 bits per heavy atom. The van der Waals surface area contributed by atoms with Crippen molar-refractivity contribution in [2.45, 2.75) is 19.3 Å². The number of halogens is 2. The molecule has 0 aliphatic heterocycles. The molecule has 0 nitrogen and oxygen atoms in total. The van der Waals surface area contributed by atoms with Crippen LogP contribution in [0.2, 0.25) is 5.02 Å². The summed E-state index contributed by atoms with van der Waals surface area (Å²) >= 11 is 12.3. The van der Waals surface area contributed by atoms with Gasteiger partial charge in [0, 0.05) is 16.8 Å². The molecule has 2 aromatic carbocycles. The molecule has 1 atom stereocenters. The summed E-state index contributed by atoms with van der Waals surface area (Å²) in [5, 5.41) is 0.820. The maximum absolute atomic E-state index is 6.20. The van der Waals surface area contributed by atoms with Gasteiger partial charge in [0.05, 0.1) is 0 Å². The second-order valence-electron chi connectivity index (χ2n) is 4.56. The number of alkyl halides is 1. The van der Waals surface area contributed by atoms with Gasteiger partial charge in [0.2, 0.25) is 0 Å². The summed E-state index contributed by atoms with van der Waals surface area (Å²) in [4.78, 5) is 0. The third-order valence-corrected chi connectivity index (χ3v) is 3.87. The average Bonchev–Trinajstić information content (AvgIpc) is 2.38. The van der Waals surface area contributed by atoms with Gasteiger partial charge >= 0.3 is 0 Å². The molecule has 2 rings (SSSR count). The molecule has 94 valence electrons. The quantitative estimate of drug-likeness (QED) is 0.674. The Balaban J connectivity index is 2.23. The molecular formula is C16H16Cl2. The van der Waals surface area contributed by atoms with Crippen LogP contribution in [-0.2, 0) is 6.42 Å². The molecule has 0 spiro atoms. The first-order valence-corrected chi connectivity index (χ1v) is 6.98. The summed E-state index contributed by atoms with van der Waals surface area (Å²) in [6.45, 7) is 2.10. The van der Waals surface area contributed by atoms with Crippen LogP contribution in [0, 0.1) is 6.92 Å².